The molecule has 0 unspecified atom stereocenters. The molecular formula is C23H17N5. The van der Waals surface area contributed by atoms with Crippen LogP contribution in [0.15, 0.2) is 91.0 Å². The van der Waals surface area contributed by atoms with Gasteiger partial charge in [0.2, 0.25) is 5.95 Å². The van der Waals surface area contributed by atoms with Gasteiger partial charge in [0, 0.05) is 17.3 Å². The average Bonchev–Trinajstić information content (AvgIpc) is 2.75. The fourth-order valence-corrected chi connectivity index (χ4v) is 2.80. The number of aromatic nitrogens is 2. The fraction of sp³-hybridized carbons (Fsp3) is 0. The van der Waals surface area contributed by atoms with Crippen LogP contribution in [-0.4, -0.2) is 9.97 Å². The highest BCUT2D eigenvalue weighted by Gasteiger charge is 2.09. The molecule has 1 aromatic heterocycles. The van der Waals surface area contributed by atoms with E-state index in [0.29, 0.717) is 23.0 Å². The number of para-hydroxylation sites is 2. The van der Waals surface area contributed by atoms with E-state index in [1.807, 2.05) is 84.9 Å². The molecule has 0 aliphatic heterocycles. The SMILES string of the molecule is N#Cc1ccccc1Nc1cc(-c2ccccc2)nc(Nc2ccccc2)n1. The van der Waals surface area contributed by atoms with Gasteiger partial charge in [-0.3, -0.25) is 0 Å². The second-order valence-electron chi connectivity index (χ2n) is 6.10. The minimum absolute atomic E-state index is 0.476. The minimum Gasteiger partial charge on any atom is -0.339 e. The smallest absolute Gasteiger partial charge is 0.229 e. The zero-order valence-corrected chi connectivity index (χ0v) is 15.0. The molecule has 4 aromatic rings. The number of nitriles is 1. The van der Waals surface area contributed by atoms with Gasteiger partial charge in [-0.05, 0) is 24.3 Å². The molecule has 0 spiro atoms. The molecule has 0 atom stereocenters. The Bertz CT molecular complexity index is 1120. The third-order valence-corrected chi connectivity index (χ3v) is 4.14. The molecule has 0 saturated carbocycles. The topological polar surface area (TPSA) is 73.6 Å². The Kier molecular flexibility index (Phi) is 4.94. The van der Waals surface area contributed by atoms with Gasteiger partial charge >= 0.3 is 0 Å². The normalized spacial score (nSPS) is 10.1. The van der Waals surface area contributed by atoms with Crippen molar-refractivity contribution in [1.82, 2.24) is 9.97 Å². The van der Waals surface area contributed by atoms with Crippen LogP contribution >= 0.6 is 0 Å². The first-order valence-electron chi connectivity index (χ1n) is 8.84. The Morgan fingerprint density at radius 1 is 0.714 bits per heavy atom. The molecule has 0 saturated heterocycles. The lowest BCUT2D eigenvalue weighted by atomic mass is 10.1. The summed E-state index contributed by atoms with van der Waals surface area (Å²) in [6.45, 7) is 0. The summed E-state index contributed by atoms with van der Waals surface area (Å²) in [5.41, 5.74) is 3.92. The van der Waals surface area contributed by atoms with Crippen LogP contribution in [0.5, 0.6) is 0 Å². The molecule has 4 rings (SSSR count). The molecule has 2 N–H and O–H groups in total. The van der Waals surface area contributed by atoms with Crippen LogP contribution in [0.4, 0.5) is 23.1 Å². The largest absolute Gasteiger partial charge is 0.339 e. The Hall–Kier alpha value is -4.17. The van der Waals surface area contributed by atoms with Crippen molar-refractivity contribution in [2.45, 2.75) is 0 Å². The molecule has 0 aliphatic carbocycles. The molecule has 0 radical (unpaired) electrons. The molecule has 0 amide bonds. The van der Waals surface area contributed by atoms with Gasteiger partial charge in [-0.1, -0.05) is 60.7 Å². The van der Waals surface area contributed by atoms with Gasteiger partial charge in [-0.2, -0.15) is 10.2 Å². The van der Waals surface area contributed by atoms with Crippen molar-refractivity contribution in [3.05, 3.63) is 96.6 Å². The summed E-state index contributed by atoms with van der Waals surface area (Å²) in [6, 6.07) is 31.1. The van der Waals surface area contributed by atoms with E-state index in [1.165, 1.54) is 0 Å². The molecule has 28 heavy (non-hydrogen) atoms. The molecule has 0 bridgehead atoms. The van der Waals surface area contributed by atoms with E-state index in [1.54, 1.807) is 6.07 Å². The van der Waals surface area contributed by atoms with Crippen LogP contribution in [0.3, 0.4) is 0 Å². The molecule has 3 aromatic carbocycles. The first-order chi connectivity index (χ1) is 13.8. The summed E-state index contributed by atoms with van der Waals surface area (Å²) >= 11 is 0. The highest BCUT2D eigenvalue weighted by molar-refractivity contribution is 5.70. The zero-order chi connectivity index (χ0) is 19.2. The highest BCUT2D eigenvalue weighted by Crippen LogP contribution is 2.26. The van der Waals surface area contributed by atoms with E-state index in [0.717, 1.165) is 16.9 Å². The van der Waals surface area contributed by atoms with E-state index >= 15 is 0 Å². The van der Waals surface area contributed by atoms with Crippen molar-refractivity contribution < 1.29 is 0 Å². The maximum absolute atomic E-state index is 9.34. The van der Waals surface area contributed by atoms with E-state index in [-0.39, 0.29) is 0 Å². The summed E-state index contributed by atoms with van der Waals surface area (Å²) in [5.74, 6) is 1.08. The molecule has 134 valence electrons. The number of rotatable bonds is 5. The Morgan fingerprint density at radius 2 is 1.39 bits per heavy atom. The predicted molar refractivity (Wildman–Crippen MR) is 112 cm³/mol. The quantitative estimate of drug-likeness (QED) is 0.489. The third kappa shape index (κ3) is 3.97. The van der Waals surface area contributed by atoms with Gasteiger partial charge in [0.15, 0.2) is 0 Å². The van der Waals surface area contributed by atoms with Crippen molar-refractivity contribution >= 4 is 23.1 Å². The summed E-state index contributed by atoms with van der Waals surface area (Å²) in [4.78, 5) is 9.24. The number of hydrogen-bond donors (Lipinski definition) is 2. The van der Waals surface area contributed by atoms with Crippen LogP contribution in [0, 0.1) is 11.3 Å². The third-order valence-electron chi connectivity index (χ3n) is 4.14. The second-order valence-corrected chi connectivity index (χ2v) is 6.10. The Morgan fingerprint density at radius 3 is 2.14 bits per heavy atom. The maximum Gasteiger partial charge on any atom is 0.229 e. The lowest BCUT2D eigenvalue weighted by molar-refractivity contribution is 1.17. The van der Waals surface area contributed by atoms with Crippen LogP contribution < -0.4 is 10.6 Å². The van der Waals surface area contributed by atoms with Crippen molar-refractivity contribution in [1.29, 1.82) is 5.26 Å². The molecule has 5 nitrogen and oxygen atoms in total. The van der Waals surface area contributed by atoms with Crippen LogP contribution in [-0.2, 0) is 0 Å². The lowest BCUT2D eigenvalue weighted by Gasteiger charge is -2.12. The molecular weight excluding hydrogens is 346 g/mol. The van der Waals surface area contributed by atoms with Gasteiger partial charge in [-0.15, -0.1) is 0 Å². The Balaban J connectivity index is 1.74. The van der Waals surface area contributed by atoms with Gasteiger partial charge in [0.25, 0.3) is 0 Å². The van der Waals surface area contributed by atoms with E-state index in [9.17, 15) is 5.26 Å². The highest BCUT2D eigenvalue weighted by atomic mass is 15.1. The van der Waals surface area contributed by atoms with Gasteiger partial charge in [-0.25, -0.2) is 4.98 Å². The van der Waals surface area contributed by atoms with Crippen LogP contribution in [0.2, 0.25) is 0 Å². The number of benzene rings is 3. The Labute approximate surface area is 163 Å². The minimum atomic E-state index is 0.476. The van der Waals surface area contributed by atoms with Crippen molar-refractivity contribution in [2.24, 2.45) is 0 Å². The number of anilines is 4. The second kappa shape index (κ2) is 8.02. The standard InChI is InChI=1S/C23H17N5/c24-16-18-11-7-8-14-20(18)26-22-15-21(17-9-3-1-4-10-17)27-23(28-22)25-19-12-5-2-6-13-19/h1-15H,(H2,25,26,27,28). The molecule has 5 heteroatoms. The van der Waals surface area contributed by atoms with Crippen LogP contribution in [0.1, 0.15) is 5.56 Å². The fourth-order valence-electron chi connectivity index (χ4n) is 2.80. The predicted octanol–water partition coefficient (Wildman–Crippen LogP) is 5.50. The first-order valence-corrected chi connectivity index (χ1v) is 8.84. The van der Waals surface area contributed by atoms with Gasteiger partial charge in [0.05, 0.1) is 16.9 Å². The van der Waals surface area contributed by atoms with Crippen molar-refractivity contribution in [3.63, 3.8) is 0 Å². The average molecular weight is 363 g/mol. The molecule has 1 heterocycles. The number of nitrogens with one attached hydrogen (secondary N) is 2. The first kappa shape index (κ1) is 17.3. The van der Waals surface area contributed by atoms with Gasteiger partial charge in [0.1, 0.15) is 11.9 Å². The molecule has 0 fully saturated rings. The maximum atomic E-state index is 9.34. The summed E-state index contributed by atoms with van der Waals surface area (Å²) < 4.78 is 0. The summed E-state index contributed by atoms with van der Waals surface area (Å²) in [5, 5.41) is 15.8. The summed E-state index contributed by atoms with van der Waals surface area (Å²) in [6.07, 6.45) is 0. The monoisotopic (exact) mass is 363 g/mol. The van der Waals surface area contributed by atoms with E-state index < -0.39 is 0 Å². The van der Waals surface area contributed by atoms with Crippen molar-refractivity contribution in [3.8, 4) is 17.3 Å². The van der Waals surface area contributed by atoms with E-state index in [4.69, 9.17) is 0 Å². The van der Waals surface area contributed by atoms with E-state index in [2.05, 4.69) is 26.7 Å². The van der Waals surface area contributed by atoms with Gasteiger partial charge < -0.3 is 10.6 Å². The number of hydrogen-bond acceptors (Lipinski definition) is 5. The number of nitrogens with zero attached hydrogens (tertiary/aromatic N) is 3. The molecule has 0 aliphatic rings. The zero-order valence-electron chi connectivity index (χ0n) is 15.0. The lowest BCUT2D eigenvalue weighted by Crippen LogP contribution is -2.03. The summed E-state index contributed by atoms with van der Waals surface area (Å²) in [7, 11) is 0. The van der Waals surface area contributed by atoms with Crippen molar-refractivity contribution in [2.75, 3.05) is 10.6 Å². The van der Waals surface area contributed by atoms with Crippen LogP contribution in [0.25, 0.3) is 11.3 Å².